The summed E-state index contributed by atoms with van der Waals surface area (Å²) in [7, 11) is 1.78. The van der Waals surface area contributed by atoms with Crippen LogP contribution in [0.15, 0.2) is 6.33 Å². The van der Waals surface area contributed by atoms with Crippen molar-refractivity contribution in [2.45, 2.75) is 51.6 Å². The Labute approximate surface area is 130 Å². The molecule has 6 nitrogen and oxygen atoms in total. The summed E-state index contributed by atoms with van der Waals surface area (Å²) in [4.78, 5) is 30.5. The van der Waals surface area contributed by atoms with E-state index in [0.29, 0.717) is 24.8 Å². The average molecular weight is 304 g/mol. The average Bonchev–Trinajstić information content (AvgIpc) is 2.92. The number of hydrogen-bond donors (Lipinski definition) is 1. The van der Waals surface area contributed by atoms with Crippen molar-refractivity contribution in [1.29, 1.82) is 0 Å². The van der Waals surface area contributed by atoms with Gasteiger partial charge in [0.2, 0.25) is 5.91 Å². The lowest BCUT2D eigenvalue weighted by molar-refractivity contribution is -0.127. The van der Waals surface area contributed by atoms with E-state index in [1.54, 1.807) is 18.3 Å². The number of imidazole rings is 1. The molecule has 1 aliphatic carbocycles. The summed E-state index contributed by atoms with van der Waals surface area (Å²) in [5.41, 5.74) is 1.51. The van der Waals surface area contributed by atoms with Crippen LogP contribution >= 0.6 is 0 Å². The van der Waals surface area contributed by atoms with Gasteiger partial charge in [-0.25, -0.2) is 4.98 Å². The number of nitrogens with zero attached hydrogens (tertiary/aromatic N) is 3. The highest BCUT2D eigenvalue weighted by atomic mass is 16.2. The molecule has 1 aromatic rings. The van der Waals surface area contributed by atoms with Crippen LogP contribution in [-0.2, 0) is 17.8 Å². The molecule has 3 rings (SSSR count). The molecule has 0 spiro atoms. The van der Waals surface area contributed by atoms with E-state index < -0.39 is 0 Å². The minimum Gasteiger partial charge on any atom is -0.353 e. The van der Waals surface area contributed by atoms with Crippen LogP contribution in [0.2, 0.25) is 0 Å². The van der Waals surface area contributed by atoms with Gasteiger partial charge < -0.3 is 14.8 Å². The Hall–Kier alpha value is -1.85. The van der Waals surface area contributed by atoms with Crippen LogP contribution in [-0.4, -0.2) is 45.9 Å². The third-order valence-corrected chi connectivity index (χ3v) is 4.94. The van der Waals surface area contributed by atoms with Gasteiger partial charge in [0.05, 0.1) is 17.9 Å². The number of rotatable bonds is 4. The molecule has 2 amide bonds. The lowest BCUT2D eigenvalue weighted by atomic mass is 9.91. The zero-order chi connectivity index (χ0) is 15.7. The molecule has 6 heteroatoms. The first-order valence-corrected chi connectivity index (χ1v) is 8.20. The highest BCUT2D eigenvalue weighted by Gasteiger charge is 2.31. The third-order valence-electron chi connectivity index (χ3n) is 4.94. The third kappa shape index (κ3) is 2.74. The van der Waals surface area contributed by atoms with Crippen molar-refractivity contribution in [2.75, 3.05) is 13.6 Å². The Balaban J connectivity index is 1.68. The van der Waals surface area contributed by atoms with Gasteiger partial charge in [-0.15, -0.1) is 0 Å². The van der Waals surface area contributed by atoms with E-state index in [4.69, 9.17) is 0 Å². The van der Waals surface area contributed by atoms with Crippen molar-refractivity contribution in [3.8, 4) is 0 Å². The SMILES string of the molecule is CCN(C)C(=O)c1ncn2c1CCC(C(=O)NC1CCC1)C2. The van der Waals surface area contributed by atoms with Gasteiger partial charge in [0.1, 0.15) is 5.69 Å². The summed E-state index contributed by atoms with van der Waals surface area (Å²) >= 11 is 0. The quantitative estimate of drug-likeness (QED) is 0.909. The van der Waals surface area contributed by atoms with Gasteiger partial charge in [-0.05, 0) is 39.0 Å². The molecule has 0 radical (unpaired) electrons. The van der Waals surface area contributed by atoms with Gasteiger partial charge in [0, 0.05) is 26.2 Å². The molecular formula is C16H24N4O2. The fraction of sp³-hybridized carbons (Fsp3) is 0.688. The predicted molar refractivity (Wildman–Crippen MR) is 82.5 cm³/mol. The summed E-state index contributed by atoms with van der Waals surface area (Å²) < 4.78 is 1.98. The van der Waals surface area contributed by atoms with Gasteiger partial charge in [-0.3, -0.25) is 9.59 Å². The molecule has 0 aromatic carbocycles. The molecule has 120 valence electrons. The topological polar surface area (TPSA) is 67.2 Å². The van der Waals surface area contributed by atoms with E-state index in [-0.39, 0.29) is 17.7 Å². The van der Waals surface area contributed by atoms with Crippen molar-refractivity contribution < 1.29 is 9.59 Å². The van der Waals surface area contributed by atoms with Gasteiger partial charge in [0.25, 0.3) is 5.91 Å². The standard InChI is InChI=1S/C16H24N4O2/c1-3-19(2)16(22)14-13-8-7-11(9-20(13)10-17-14)15(21)18-12-5-4-6-12/h10-12H,3-9H2,1-2H3,(H,18,21). The maximum Gasteiger partial charge on any atom is 0.274 e. The Morgan fingerprint density at radius 3 is 2.82 bits per heavy atom. The van der Waals surface area contributed by atoms with Crippen molar-refractivity contribution >= 4 is 11.8 Å². The van der Waals surface area contributed by atoms with Gasteiger partial charge in [-0.2, -0.15) is 0 Å². The van der Waals surface area contributed by atoms with Crippen LogP contribution < -0.4 is 5.32 Å². The smallest absolute Gasteiger partial charge is 0.274 e. The fourth-order valence-corrected chi connectivity index (χ4v) is 3.06. The second-order valence-electron chi connectivity index (χ2n) is 6.38. The van der Waals surface area contributed by atoms with Crippen molar-refractivity contribution in [3.63, 3.8) is 0 Å². The van der Waals surface area contributed by atoms with E-state index in [2.05, 4.69) is 10.3 Å². The highest BCUT2D eigenvalue weighted by Crippen LogP contribution is 2.25. The van der Waals surface area contributed by atoms with E-state index in [1.807, 2.05) is 11.5 Å². The summed E-state index contributed by atoms with van der Waals surface area (Å²) in [6, 6.07) is 0.382. The Bertz CT molecular complexity index is 577. The number of carbonyl (C=O) groups is 2. The van der Waals surface area contributed by atoms with Crippen molar-refractivity contribution in [3.05, 3.63) is 17.7 Å². The lowest BCUT2D eigenvalue weighted by Gasteiger charge is -2.30. The molecule has 1 atom stereocenters. The number of carbonyl (C=O) groups excluding carboxylic acids is 2. The van der Waals surface area contributed by atoms with Gasteiger partial charge in [0.15, 0.2) is 0 Å². The molecule has 0 saturated heterocycles. The molecule has 0 bridgehead atoms. The minimum absolute atomic E-state index is 0.00541. The number of nitrogens with one attached hydrogen (secondary N) is 1. The molecule has 1 saturated carbocycles. The van der Waals surface area contributed by atoms with E-state index in [9.17, 15) is 9.59 Å². The maximum absolute atomic E-state index is 12.3. The molecule has 1 aromatic heterocycles. The normalized spacial score (nSPS) is 20.9. The molecular weight excluding hydrogens is 280 g/mol. The molecule has 1 unspecified atom stereocenters. The van der Waals surface area contributed by atoms with Crippen LogP contribution in [0.1, 0.15) is 48.8 Å². The molecule has 2 aliphatic rings. The zero-order valence-electron chi connectivity index (χ0n) is 13.3. The predicted octanol–water partition coefficient (Wildman–Crippen LogP) is 1.21. The summed E-state index contributed by atoms with van der Waals surface area (Å²) in [5, 5.41) is 3.13. The summed E-state index contributed by atoms with van der Waals surface area (Å²) in [6.07, 6.45) is 6.67. The summed E-state index contributed by atoms with van der Waals surface area (Å²) in [5.74, 6) is 0.116. The van der Waals surface area contributed by atoms with Gasteiger partial charge in [-0.1, -0.05) is 0 Å². The van der Waals surface area contributed by atoms with Crippen LogP contribution in [0.25, 0.3) is 0 Å². The molecule has 1 fully saturated rings. The van der Waals surface area contributed by atoms with E-state index in [1.165, 1.54) is 6.42 Å². The zero-order valence-corrected chi connectivity index (χ0v) is 13.3. The van der Waals surface area contributed by atoms with Crippen LogP contribution in [0.5, 0.6) is 0 Å². The first-order valence-electron chi connectivity index (χ1n) is 8.20. The highest BCUT2D eigenvalue weighted by molar-refractivity contribution is 5.93. The Morgan fingerprint density at radius 2 is 2.18 bits per heavy atom. The lowest BCUT2D eigenvalue weighted by Crippen LogP contribution is -2.44. The molecule has 1 aliphatic heterocycles. The second kappa shape index (κ2) is 6.10. The number of fused-ring (bicyclic) bond motifs is 1. The number of hydrogen-bond acceptors (Lipinski definition) is 3. The second-order valence-corrected chi connectivity index (χ2v) is 6.38. The largest absolute Gasteiger partial charge is 0.353 e. The monoisotopic (exact) mass is 304 g/mol. The first-order chi connectivity index (χ1) is 10.6. The van der Waals surface area contributed by atoms with Crippen LogP contribution in [0, 0.1) is 5.92 Å². The van der Waals surface area contributed by atoms with E-state index in [0.717, 1.165) is 31.4 Å². The van der Waals surface area contributed by atoms with Crippen molar-refractivity contribution in [2.24, 2.45) is 5.92 Å². The minimum atomic E-state index is -0.0337. The first kappa shape index (κ1) is 15.1. The van der Waals surface area contributed by atoms with Crippen LogP contribution in [0.4, 0.5) is 0 Å². The summed E-state index contributed by atoms with van der Waals surface area (Å²) in [6.45, 7) is 3.24. The molecule has 2 heterocycles. The molecule has 22 heavy (non-hydrogen) atoms. The van der Waals surface area contributed by atoms with Crippen molar-refractivity contribution in [1.82, 2.24) is 19.8 Å². The van der Waals surface area contributed by atoms with E-state index >= 15 is 0 Å². The fourth-order valence-electron chi connectivity index (χ4n) is 3.06. The molecule has 1 N–H and O–H groups in total. The Kier molecular flexibility index (Phi) is 4.18. The number of aromatic nitrogens is 2. The number of amides is 2. The Morgan fingerprint density at radius 1 is 1.41 bits per heavy atom. The maximum atomic E-state index is 12.3. The van der Waals surface area contributed by atoms with Crippen LogP contribution in [0.3, 0.4) is 0 Å². The van der Waals surface area contributed by atoms with Gasteiger partial charge >= 0.3 is 0 Å².